The number of carbonyl (C=O) groups is 2. The van der Waals surface area contributed by atoms with Gasteiger partial charge in [0.1, 0.15) is 6.04 Å². The first-order chi connectivity index (χ1) is 14.3. The summed E-state index contributed by atoms with van der Waals surface area (Å²) in [6, 6.07) is 10.7. The van der Waals surface area contributed by atoms with Gasteiger partial charge in [-0.05, 0) is 54.7 Å². The fourth-order valence-electron chi connectivity index (χ4n) is 3.79. The lowest BCUT2D eigenvalue weighted by Gasteiger charge is -2.33. The fourth-order valence-corrected chi connectivity index (χ4v) is 3.79. The van der Waals surface area contributed by atoms with E-state index in [2.05, 4.69) is 5.32 Å². The minimum Gasteiger partial charge on any atom is -0.493 e. The number of hydrogen-bond donors (Lipinski definition) is 1. The highest BCUT2D eigenvalue weighted by atomic mass is 16.5. The predicted octanol–water partition coefficient (Wildman–Crippen LogP) is 3.35. The summed E-state index contributed by atoms with van der Waals surface area (Å²) in [7, 11) is 3.22. The van der Waals surface area contributed by atoms with Crippen molar-refractivity contribution in [3.63, 3.8) is 0 Å². The lowest BCUT2D eigenvalue weighted by atomic mass is 9.96. The topological polar surface area (TPSA) is 67.9 Å². The number of benzene rings is 2. The van der Waals surface area contributed by atoms with E-state index in [1.54, 1.807) is 20.3 Å². The molecule has 6 heteroatoms. The summed E-state index contributed by atoms with van der Waals surface area (Å²) in [5, 5.41) is 2.95. The van der Waals surface area contributed by atoms with Gasteiger partial charge in [0, 0.05) is 18.7 Å². The van der Waals surface area contributed by atoms with Gasteiger partial charge in [-0.25, -0.2) is 0 Å². The highest BCUT2D eigenvalue weighted by Crippen LogP contribution is 2.33. The molecule has 0 aromatic heterocycles. The molecule has 0 saturated heterocycles. The Morgan fingerprint density at radius 2 is 1.70 bits per heavy atom. The smallest absolute Gasteiger partial charge is 0.251 e. The van der Waals surface area contributed by atoms with E-state index in [1.165, 1.54) is 0 Å². The second-order valence-corrected chi connectivity index (χ2v) is 8.05. The van der Waals surface area contributed by atoms with E-state index in [1.807, 2.05) is 56.0 Å². The normalized spacial score (nSPS) is 14.1. The molecular formula is C24H30N2O4. The molecule has 1 heterocycles. The molecule has 3 rings (SSSR count). The molecule has 1 aliphatic rings. The van der Waals surface area contributed by atoms with Crippen LogP contribution < -0.4 is 14.8 Å². The van der Waals surface area contributed by atoms with Crippen molar-refractivity contribution in [2.45, 2.75) is 39.8 Å². The summed E-state index contributed by atoms with van der Waals surface area (Å²) < 4.78 is 10.8. The minimum absolute atomic E-state index is 0.0296. The molecule has 2 amide bonds. The fraction of sp³-hybridized carbons (Fsp3) is 0.417. The lowest BCUT2D eigenvalue weighted by molar-refractivity contribution is -0.135. The van der Waals surface area contributed by atoms with Gasteiger partial charge >= 0.3 is 0 Å². The first-order valence-corrected chi connectivity index (χ1v) is 10.2. The van der Waals surface area contributed by atoms with Crippen LogP contribution in [0.4, 0.5) is 0 Å². The van der Waals surface area contributed by atoms with Crippen LogP contribution in [-0.4, -0.2) is 43.5 Å². The summed E-state index contributed by atoms with van der Waals surface area (Å²) in [4.78, 5) is 27.9. The average molecular weight is 411 g/mol. The Morgan fingerprint density at radius 1 is 1.03 bits per heavy atom. The van der Waals surface area contributed by atoms with Crippen LogP contribution in [0.15, 0.2) is 36.4 Å². The van der Waals surface area contributed by atoms with Gasteiger partial charge in [0.25, 0.3) is 5.91 Å². The molecule has 0 fully saturated rings. The number of amides is 2. The predicted molar refractivity (Wildman–Crippen MR) is 116 cm³/mol. The molecule has 1 aliphatic heterocycles. The van der Waals surface area contributed by atoms with Crippen LogP contribution in [0.25, 0.3) is 0 Å². The molecule has 30 heavy (non-hydrogen) atoms. The van der Waals surface area contributed by atoms with Crippen LogP contribution in [0.5, 0.6) is 11.5 Å². The largest absolute Gasteiger partial charge is 0.493 e. The zero-order chi connectivity index (χ0) is 21.8. The van der Waals surface area contributed by atoms with Crippen molar-refractivity contribution in [1.82, 2.24) is 10.2 Å². The summed E-state index contributed by atoms with van der Waals surface area (Å²) >= 11 is 0. The number of nitrogens with zero attached hydrogens (tertiary/aromatic N) is 1. The SMILES string of the molecule is COc1cc2c(cc1OC)CN(C(=O)C(NC(=O)c1cccc(C)c1)C(C)C)CC2. The van der Waals surface area contributed by atoms with Gasteiger partial charge in [-0.15, -0.1) is 0 Å². The molecule has 1 N–H and O–H groups in total. The summed E-state index contributed by atoms with van der Waals surface area (Å²) in [6.07, 6.45) is 0.734. The molecular weight excluding hydrogens is 380 g/mol. The van der Waals surface area contributed by atoms with Crippen LogP contribution in [-0.2, 0) is 17.8 Å². The monoisotopic (exact) mass is 410 g/mol. The second kappa shape index (κ2) is 9.20. The Hall–Kier alpha value is -3.02. The van der Waals surface area contributed by atoms with Crippen LogP contribution in [0, 0.1) is 12.8 Å². The van der Waals surface area contributed by atoms with Gasteiger partial charge in [0.2, 0.25) is 5.91 Å². The van der Waals surface area contributed by atoms with Gasteiger partial charge in [-0.2, -0.15) is 0 Å². The van der Waals surface area contributed by atoms with Crippen LogP contribution in [0.2, 0.25) is 0 Å². The summed E-state index contributed by atoms with van der Waals surface area (Å²) in [6.45, 7) is 6.93. The standard InChI is InChI=1S/C24H30N2O4/c1-15(2)22(25-23(27)18-8-6-7-16(3)11-18)24(28)26-10-9-17-12-20(29-4)21(30-5)13-19(17)14-26/h6-8,11-13,15,22H,9-10,14H2,1-5H3,(H,25,27). The number of rotatable bonds is 6. The van der Waals surface area contributed by atoms with E-state index in [4.69, 9.17) is 9.47 Å². The Morgan fingerprint density at radius 3 is 2.30 bits per heavy atom. The van der Waals surface area contributed by atoms with Gasteiger partial charge < -0.3 is 19.7 Å². The third kappa shape index (κ3) is 4.58. The minimum atomic E-state index is -0.584. The lowest BCUT2D eigenvalue weighted by Crippen LogP contribution is -2.52. The van der Waals surface area contributed by atoms with Crippen LogP contribution in [0.1, 0.15) is 40.9 Å². The van der Waals surface area contributed by atoms with E-state index < -0.39 is 6.04 Å². The Labute approximate surface area is 178 Å². The number of nitrogens with one attached hydrogen (secondary N) is 1. The number of ether oxygens (including phenoxy) is 2. The van der Waals surface area contributed by atoms with Crippen molar-refractivity contribution in [1.29, 1.82) is 0 Å². The zero-order valence-electron chi connectivity index (χ0n) is 18.3. The molecule has 0 aliphatic carbocycles. The van der Waals surface area contributed by atoms with Crippen LogP contribution >= 0.6 is 0 Å². The molecule has 6 nitrogen and oxygen atoms in total. The Balaban J connectivity index is 1.77. The molecule has 0 radical (unpaired) electrons. The van der Waals surface area contributed by atoms with Crippen LogP contribution in [0.3, 0.4) is 0 Å². The first kappa shape index (κ1) is 21.7. The second-order valence-electron chi connectivity index (χ2n) is 8.05. The zero-order valence-corrected chi connectivity index (χ0v) is 18.3. The third-order valence-corrected chi connectivity index (χ3v) is 5.53. The number of carbonyl (C=O) groups excluding carboxylic acids is 2. The average Bonchev–Trinajstić information content (AvgIpc) is 2.75. The highest BCUT2D eigenvalue weighted by Gasteiger charge is 2.31. The third-order valence-electron chi connectivity index (χ3n) is 5.53. The summed E-state index contributed by atoms with van der Waals surface area (Å²) in [5.41, 5.74) is 3.77. The maximum absolute atomic E-state index is 13.3. The summed E-state index contributed by atoms with van der Waals surface area (Å²) in [5.74, 6) is 1.03. The maximum atomic E-state index is 13.3. The molecule has 2 aromatic carbocycles. The van der Waals surface area contributed by atoms with E-state index in [9.17, 15) is 9.59 Å². The van der Waals surface area contributed by atoms with Crippen molar-refractivity contribution in [2.24, 2.45) is 5.92 Å². The van der Waals surface area contributed by atoms with Crippen molar-refractivity contribution in [3.05, 3.63) is 58.7 Å². The Bertz CT molecular complexity index is 939. The highest BCUT2D eigenvalue weighted by molar-refractivity contribution is 5.97. The van der Waals surface area contributed by atoms with Gasteiger partial charge in [-0.3, -0.25) is 9.59 Å². The van der Waals surface area contributed by atoms with E-state index >= 15 is 0 Å². The van der Waals surface area contributed by atoms with Gasteiger partial charge in [0.15, 0.2) is 11.5 Å². The van der Waals surface area contributed by atoms with Crippen molar-refractivity contribution in [3.8, 4) is 11.5 Å². The molecule has 1 atom stereocenters. The molecule has 0 spiro atoms. The van der Waals surface area contributed by atoms with Crippen molar-refractivity contribution < 1.29 is 19.1 Å². The molecule has 1 unspecified atom stereocenters. The number of methoxy groups -OCH3 is 2. The molecule has 160 valence electrons. The van der Waals surface area contributed by atoms with E-state index in [-0.39, 0.29) is 17.7 Å². The number of fused-ring (bicyclic) bond motifs is 1. The van der Waals surface area contributed by atoms with E-state index in [0.29, 0.717) is 30.2 Å². The van der Waals surface area contributed by atoms with Crippen molar-refractivity contribution in [2.75, 3.05) is 20.8 Å². The van der Waals surface area contributed by atoms with Gasteiger partial charge in [0.05, 0.1) is 14.2 Å². The van der Waals surface area contributed by atoms with Gasteiger partial charge in [-0.1, -0.05) is 31.5 Å². The molecule has 2 aromatic rings. The molecule has 0 bridgehead atoms. The quantitative estimate of drug-likeness (QED) is 0.793. The maximum Gasteiger partial charge on any atom is 0.251 e. The first-order valence-electron chi connectivity index (χ1n) is 10.2. The van der Waals surface area contributed by atoms with Crippen molar-refractivity contribution >= 4 is 11.8 Å². The number of hydrogen-bond acceptors (Lipinski definition) is 4. The number of aryl methyl sites for hydroxylation is 1. The molecule has 0 saturated carbocycles. The van der Waals surface area contributed by atoms with E-state index in [0.717, 1.165) is 23.1 Å². The Kier molecular flexibility index (Phi) is 6.65.